The van der Waals surface area contributed by atoms with Crippen LogP contribution in [-0.2, 0) is 4.79 Å². The summed E-state index contributed by atoms with van der Waals surface area (Å²) < 4.78 is 0. The highest BCUT2D eigenvalue weighted by atomic mass is 32.1. The lowest BCUT2D eigenvalue weighted by Gasteiger charge is -2.31. The Morgan fingerprint density at radius 1 is 1.45 bits per heavy atom. The van der Waals surface area contributed by atoms with Crippen LogP contribution in [0.4, 0.5) is 0 Å². The molecule has 1 N–H and O–H groups in total. The summed E-state index contributed by atoms with van der Waals surface area (Å²) in [5.41, 5.74) is 0. The molecule has 1 aliphatic heterocycles. The molecule has 0 bridgehead atoms. The number of likely N-dealkylation sites (tertiary alicyclic amines) is 1. The zero-order valence-electron chi connectivity index (χ0n) is 12.8. The van der Waals surface area contributed by atoms with Crippen molar-refractivity contribution in [2.45, 2.75) is 46.1 Å². The summed E-state index contributed by atoms with van der Waals surface area (Å²) in [6, 6.07) is 4.87. The third-order valence-electron chi connectivity index (χ3n) is 4.25. The van der Waals surface area contributed by atoms with E-state index in [-0.39, 0.29) is 5.91 Å². The molecule has 4 heteroatoms. The molecule has 2 rings (SSSR count). The maximum Gasteiger partial charge on any atom is 0.219 e. The topological polar surface area (TPSA) is 32.3 Å². The number of carbonyl (C=O) groups excluding carboxylic acids is 1. The number of carbonyl (C=O) groups is 1. The minimum atomic E-state index is 0.225. The molecule has 1 aromatic heterocycles. The van der Waals surface area contributed by atoms with Crippen LogP contribution in [0, 0.1) is 12.8 Å². The number of amides is 1. The van der Waals surface area contributed by atoms with Gasteiger partial charge < -0.3 is 10.2 Å². The highest BCUT2D eigenvalue weighted by molar-refractivity contribution is 7.12. The number of aryl methyl sites for hydroxylation is 1. The summed E-state index contributed by atoms with van der Waals surface area (Å²) in [6.45, 7) is 9.03. The second-order valence-corrected chi connectivity index (χ2v) is 7.18. The number of nitrogens with zero attached hydrogens (tertiary/aromatic N) is 1. The molecule has 1 atom stereocenters. The Hall–Kier alpha value is -0.870. The van der Waals surface area contributed by atoms with Gasteiger partial charge in [-0.25, -0.2) is 0 Å². The van der Waals surface area contributed by atoms with Crippen LogP contribution in [0.1, 0.15) is 48.9 Å². The summed E-state index contributed by atoms with van der Waals surface area (Å²) >= 11 is 1.88. The molecule has 3 nitrogen and oxygen atoms in total. The van der Waals surface area contributed by atoms with Crippen molar-refractivity contribution in [3.63, 3.8) is 0 Å². The third-order valence-corrected chi connectivity index (χ3v) is 5.43. The molecule has 1 unspecified atom stereocenters. The first-order valence-electron chi connectivity index (χ1n) is 7.61. The Labute approximate surface area is 126 Å². The normalized spacial score (nSPS) is 18.2. The molecule has 1 fully saturated rings. The second kappa shape index (κ2) is 7.23. The predicted octanol–water partition coefficient (Wildman–Crippen LogP) is 3.36. The Balaban J connectivity index is 1.65. The Kier molecular flexibility index (Phi) is 5.61. The summed E-state index contributed by atoms with van der Waals surface area (Å²) in [7, 11) is 0. The van der Waals surface area contributed by atoms with E-state index in [9.17, 15) is 4.79 Å². The van der Waals surface area contributed by atoms with Crippen LogP contribution in [0.15, 0.2) is 12.1 Å². The molecular formula is C16H26N2OS. The van der Waals surface area contributed by atoms with Gasteiger partial charge in [-0.15, -0.1) is 11.3 Å². The molecule has 20 heavy (non-hydrogen) atoms. The van der Waals surface area contributed by atoms with Gasteiger partial charge in [-0.1, -0.05) is 0 Å². The van der Waals surface area contributed by atoms with E-state index in [1.54, 1.807) is 6.92 Å². The van der Waals surface area contributed by atoms with Crippen LogP contribution in [0.5, 0.6) is 0 Å². The molecule has 0 aliphatic carbocycles. The number of nitrogens with one attached hydrogen (secondary N) is 1. The van der Waals surface area contributed by atoms with Gasteiger partial charge in [-0.3, -0.25) is 4.79 Å². The minimum Gasteiger partial charge on any atom is -0.343 e. The third kappa shape index (κ3) is 4.32. The van der Waals surface area contributed by atoms with Gasteiger partial charge in [0.25, 0.3) is 0 Å². The van der Waals surface area contributed by atoms with E-state index in [2.05, 4.69) is 31.3 Å². The van der Waals surface area contributed by atoms with E-state index in [4.69, 9.17) is 0 Å². The molecule has 1 aliphatic rings. The Bertz CT molecular complexity index is 435. The smallest absolute Gasteiger partial charge is 0.219 e. The fraction of sp³-hybridized carbons (Fsp3) is 0.688. The Morgan fingerprint density at radius 3 is 2.70 bits per heavy atom. The van der Waals surface area contributed by atoms with Gasteiger partial charge >= 0.3 is 0 Å². The molecule has 1 amide bonds. The SMILES string of the molecule is CC(=O)N1CCC(CCNC(C)c2ccc(C)s2)CC1. The van der Waals surface area contributed by atoms with Gasteiger partial charge in [0.05, 0.1) is 0 Å². The first kappa shape index (κ1) is 15.5. The van der Waals surface area contributed by atoms with Gasteiger partial charge in [-0.05, 0) is 57.7 Å². The first-order chi connectivity index (χ1) is 9.56. The molecule has 0 saturated carbocycles. The molecule has 2 heterocycles. The maximum atomic E-state index is 11.3. The van der Waals surface area contributed by atoms with Crippen molar-refractivity contribution in [1.82, 2.24) is 10.2 Å². The molecule has 1 aromatic rings. The van der Waals surface area contributed by atoms with Crippen molar-refractivity contribution >= 4 is 17.2 Å². The summed E-state index contributed by atoms with van der Waals surface area (Å²) in [6.07, 6.45) is 3.54. The summed E-state index contributed by atoms with van der Waals surface area (Å²) in [5, 5.41) is 3.62. The van der Waals surface area contributed by atoms with Crippen LogP contribution in [0.25, 0.3) is 0 Å². The van der Waals surface area contributed by atoms with Gasteiger partial charge in [0.1, 0.15) is 0 Å². The van der Waals surface area contributed by atoms with E-state index < -0.39 is 0 Å². The second-order valence-electron chi connectivity index (χ2n) is 5.86. The largest absolute Gasteiger partial charge is 0.343 e. The van der Waals surface area contributed by atoms with Gasteiger partial charge in [0, 0.05) is 35.8 Å². The number of thiophene rings is 1. The van der Waals surface area contributed by atoms with Crippen molar-refractivity contribution in [2.75, 3.05) is 19.6 Å². The van der Waals surface area contributed by atoms with E-state index in [1.807, 2.05) is 16.2 Å². The maximum absolute atomic E-state index is 11.3. The lowest BCUT2D eigenvalue weighted by atomic mass is 9.93. The number of piperidine rings is 1. The van der Waals surface area contributed by atoms with Crippen molar-refractivity contribution < 1.29 is 4.79 Å². The standard InChI is InChI=1S/C16H26N2OS/c1-12-4-5-16(20-12)13(2)17-9-6-15-7-10-18(11-8-15)14(3)19/h4-5,13,15,17H,6-11H2,1-3H3. The molecule has 1 saturated heterocycles. The molecule has 0 spiro atoms. The van der Waals surface area contributed by atoms with Crippen molar-refractivity contribution in [3.05, 3.63) is 21.9 Å². The van der Waals surface area contributed by atoms with Crippen molar-refractivity contribution in [2.24, 2.45) is 5.92 Å². The fourth-order valence-corrected chi connectivity index (χ4v) is 3.73. The summed E-state index contributed by atoms with van der Waals surface area (Å²) in [4.78, 5) is 16.1. The molecule has 0 aromatic carbocycles. The van der Waals surface area contributed by atoms with Crippen LogP contribution < -0.4 is 5.32 Å². The monoisotopic (exact) mass is 294 g/mol. The van der Waals surface area contributed by atoms with E-state index in [0.29, 0.717) is 6.04 Å². The van der Waals surface area contributed by atoms with Crippen molar-refractivity contribution in [1.29, 1.82) is 0 Å². The number of rotatable bonds is 5. The van der Waals surface area contributed by atoms with Crippen LogP contribution in [0.2, 0.25) is 0 Å². The predicted molar refractivity (Wildman–Crippen MR) is 85.1 cm³/mol. The zero-order chi connectivity index (χ0) is 14.5. The molecule has 112 valence electrons. The highest BCUT2D eigenvalue weighted by Crippen LogP contribution is 2.23. The lowest BCUT2D eigenvalue weighted by molar-refractivity contribution is -0.130. The van der Waals surface area contributed by atoms with Gasteiger partial charge in [0.2, 0.25) is 5.91 Å². The lowest BCUT2D eigenvalue weighted by Crippen LogP contribution is -2.37. The van der Waals surface area contributed by atoms with Crippen LogP contribution >= 0.6 is 11.3 Å². The minimum absolute atomic E-state index is 0.225. The van der Waals surface area contributed by atoms with Gasteiger partial charge in [0.15, 0.2) is 0 Å². The first-order valence-corrected chi connectivity index (χ1v) is 8.43. The average molecular weight is 294 g/mol. The fourth-order valence-electron chi connectivity index (χ4n) is 2.83. The average Bonchev–Trinajstić information content (AvgIpc) is 2.86. The molecular weight excluding hydrogens is 268 g/mol. The van der Waals surface area contributed by atoms with Crippen molar-refractivity contribution in [3.8, 4) is 0 Å². The van der Waals surface area contributed by atoms with E-state index >= 15 is 0 Å². The Morgan fingerprint density at radius 2 is 2.15 bits per heavy atom. The van der Waals surface area contributed by atoms with E-state index in [0.717, 1.165) is 38.4 Å². The van der Waals surface area contributed by atoms with E-state index in [1.165, 1.54) is 16.2 Å². The molecule has 0 radical (unpaired) electrons. The quantitative estimate of drug-likeness (QED) is 0.903. The summed E-state index contributed by atoms with van der Waals surface area (Å²) in [5.74, 6) is 0.999. The van der Waals surface area contributed by atoms with Crippen LogP contribution in [0.3, 0.4) is 0 Å². The number of hydrogen-bond donors (Lipinski definition) is 1. The van der Waals surface area contributed by atoms with Crippen LogP contribution in [-0.4, -0.2) is 30.4 Å². The number of hydrogen-bond acceptors (Lipinski definition) is 3. The zero-order valence-corrected chi connectivity index (χ0v) is 13.6. The highest BCUT2D eigenvalue weighted by Gasteiger charge is 2.20. The van der Waals surface area contributed by atoms with Gasteiger partial charge in [-0.2, -0.15) is 0 Å².